The number of pyridine rings is 1. The summed E-state index contributed by atoms with van der Waals surface area (Å²) in [6.07, 6.45) is -1.69. The van der Waals surface area contributed by atoms with Gasteiger partial charge in [0, 0.05) is 48.4 Å². The quantitative estimate of drug-likeness (QED) is 0.319. The first-order chi connectivity index (χ1) is 17.0. The molecule has 0 fully saturated rings. The van der Waals surface area contributed by atoms with Gasteiger partial charge in [0.2, 0.25) is 0 Å². The number of benzene rings is 1. The van der Waals surface area contributed by atoms with Gasteiger partial charge in [-0.25, -0.2) is 4.98 Å². The van der Waals surface area contributed by atoms with Gasteiger partial charge in [-0.05, 0) is 37.1 Å². The van der Waals surface area contributed by atoms with Crippen molar-refractivity contribution in [3.8, 4) is 5.69 Å². The molecule has 0 spiro atoms. The van der Waals surface area contributed by atoms with Gasteiger partial charge in [-0.1, -0.05) is 11.8 Å². The zero-order valence-corrected chi connectivity index (χ0v) is 13.6. The lowest BCUT2D eigenvalue weighted by Crippen LogP contribution is -1.98. The lowest BCUT2D eigenvalue weighted by Gasteiger charge is -2.03. The Bertz CT molecular complexity index is 1560. The second kappa shape index (κ2) is 6.64. The van der Waals surface area contributed by atoms with E-state index in [0.29, 0.717) is 22.8 Å². The van der Waals surface area contributed by atoms with Gasteiger partial charge < -0.3 is 9.55 Å². The molecule has 0 aliphatic heterocycles. The highest BCUT2D eigenvalue weighted by Gasteiger charge is 2.15. The van der Waals surface area contributed by atoms with Gasteiger partial charge in [0.15, 0.2) is 5.16 Å². The Kier molecular flexibility index (Phi) is 2.06. The molecule has 130 valence electrons. The summed E-state index contributed by atoms with van der Waals surface area (Å²) < 4.78 is 88.1. The summed E-state index contributed by atoms with van der Waals surface area (Å²) in [6.45, 7) is -3.21. The van der Waals surface area contributed by atoms with Crippen LogP contribution in [0.5, 0.6) is 0 Å². The van der Waals surface area contributed by atoms with E-state index in [4.69, 9.17) is 15.1 Å². The number of aromatic nitrogens is 4. The molecule has 3 heterocycles. The van der Waals surface area contributed by atoms with Gasteiger partial charge in [0.25, 0.3) is 5.69 Å². The van der Waals surface area contributed by atoms with Crippen molar-refractivity contribution in [3.63, 3.8) is 0 Å². The lowest BCUT2D eigenvalue weighted by atomic mass is 10.2. The van der Waals surface area contributed by atoms with Gasteiger partial charge in [-0.2, -0.15) is 0 Å². The van der Waals surface area contributed by atoms with Crippen molar-refractivity contribution < 1.29 is 20.0 Å². The van der Waals surface area contributed by atoms with Crippen LogP contribution in [0.25, 0.3) is 16.7 Å². The summed E-state index contributed by atoms with van der Waals surface area (Å²) in [5.41, 5.74) is -5.03. The van der Waals surface area contributed by atoms with Crippen LogP contribution in [0, 0.1) is 17.0 Å². The van der Waals surface area contributed by atoms with Crippen molar-refractivity contribution in [2.24, 2.45) is 0 Å². The van der Waals surface area contributed by atoms with Gasteiger partial charge in [0.05, 0.1) is 29.9 Å². The van der Waals surface area contributed by atoms with E-state index in [0.717, 1.165) is 4.57 Å². The standard InChI is InChI=1S/C18H15N5O2S/c1-12-16(19-7-6-17(12)23(24)25)11-26-18-20-14-5-4-13(10-15(14)21-18)22-8-2-3-9-22/h2-10H,11H2,1H3,(H,20,21)/i1D3,2D,3D,6D,7D,8D,9D,11D2. The van der Waals surface area contributed by atoms with Crippen LogP contribution in [0.1, 0.15) is 26.3 Å². The molecule has 0 radical (unpaired) electrons. The fraction of sp³-hybridized carbons (Fsp3) is 0.111. The van der Waals surface area contributed by atoms with E-state index < -0.39 is 58.7 Å². The zero-order valence-electron chi connectivity index (χ0n) is 23.7. The maximum atomic E-state index is 11.5. The van der Waals surface area contributed by atoms with Crippen molar-refractivity contribution in [2.45, 2.75) is 17.7 Å². The van der Waals surface area contributed by atoms with Crippen molar-refractivity contribution in [3.05, 3.63) is 76.2 Å². The van der Waals surface area contributed by atoms with Crippen LogP contribution in [0.3, 0.4) is 0 Å². The molecule has 0 saturated carbocycles. The number of thioether (sulfide) groups is 1. The second-order valence-electron chi connectivity index (χ2n) is 4.93. The third-order valence-corrected chi connectivity index (χ3v) is 4.02. The van der Waals surface area contributed by atoms with Gasteiger partial charge in [-0.15, -0.1) is 0 Å². The van der Waals surface area contributed by atoms with Gasteiger partial charge >= 0.3 is 0 Å². The monoisotopic (exact) mass is 376 g/mol. The van der Waals surface area contributed by atoms with Crippen LogP contribution in [0.15, 0.2) is 60.0 Å². The zero-order chi connectivity index (χ0) is 27.6. The number of hydrogen-bond acceptors (Lipinski definition) is 5. The Labute approximate surface area is 168 Å². The Morgan fingerprint density at radius 3 is 3.08 bits per heavy atom. The maximum absolute atomic E-state index is 11.5. The smallest absolute Gasteiger partial charge is 0.275 e. The summed E-state index contributed by atoms with van der Waals surface area (Å²) >= 11 is 0.351. The van der Waals surface area contributed by atoms with E-state index in [9.17, 15) is 10.1 Å². The Balaban J connectivity index is 1.80. The number of hydrogen-bond donors (Lipinski definition) is 1. The number of nitrogens with one attached hydrogen (secondary N) is 1. The highest BCUT2D eigenvalue weighted by Crippen LogP contribution is 2.27. The first-order valence-electron chi connectivity index (χ1n) is 12.6. The number of rotatable bonds is 5. The minimum atomic E-state index is -3.21. The largest absolute Gasteiger partial charge is 0.333 e. The van der Waals surface area contributed by atoms with E-state index in [2.05, 4.69) is 15.0 Å². The SMILES string of the molecule is [2H]c1nc(C([2H])([2H])Sc2nc3ccc(-n4c([2H])c([2H])c([2H])c4[2H])cc3[nH]2)c(C([2H])([2H])[2H])c([N+](=O)[O-])c1[2H]. The van der Waals surface area contributed by atoms with Gasteiger partial charge in [-0.3, -0.25) is 15.1 Å². The molecule has 8 heteroatoms. The molecular weight excluding hydrogens is 350 g/mol. The van der Waals surface area contributed by atoms with E-state index in [-0.39, 0.29) is 23.2 Å². The minimum Gasteiger partial charge on any atom is -0.333 e. The molecule has 3 aromatic heterocycles. The average molecular weight is 376 g/mol. The van der Waals surface area contributed by atoms with E-state index in [1.807, 2.05) is 0 Å². The molecule has 0 aliphatic carbocycles. The van der Waals surface area contributed by atoms with Crippen LogP contribution < -0.4 is 0 Å². The lowest BCUT2D eigenvalue weighted by molar-refractivity contribution is -0.385. The molecule has 0 amide bonds. The highest BCUT2D eigenvalue weighted by atomic mass is 32.2. The fourth-order valence-electron chi connectivity index (χ4n) is 2.16. The van der Waals surface area contributed by atoms with E-state index >= 15 is 0 Å². The maximum Gasteiger partial charge on any atom is 0.275 e. The summed E-state index contributed by atoms with van der Waals surface area (Å²) in [5.74, 6) is 0. The molecule has 0 atom stereocenters. The molecule has 4 aromatic rings. The molecule has 0 bridgehead atoms. The summed E-state index contributed by atoms with van der Waals surface area (Å²) in [4.78, 5) is 21.0. The second-order valence-corrected chi connectivity index (χ2v) is 5.73. The highest BCUT2D eigenvalue weighted by molar-refractivity contribution is 7.98. The average Bonchev–Trinajstić information content (AvgIpc) is 3.26. The number of fused-ring (bicyclic) bond motifs is 1. The molecule has 0 unspecified atom stereocenters. The Morgan fingerprint density at radius 2 is 2.31 bits per heavy atom. The molecule has 1 aromatic carbocycles. The van der Waals surface area contributed by atoms with E-state index in [1.54, 1.807) is 0 Å². The van der Waals surface area contributed by atoms with Crippen molar-refractivity contribution in [1.82, 2.24) is 19.5 Å². The van der Waals surface area contributed by atoms with Crippen molar-refractivity contribution >= 4 is 28.5 Å². The van der Waals surface area contributed by atoms with Gasteiger partial charge in [0.1, 0.15) is 0 Å². The summed E-state index contributed by atoms with van der Waals surface area (Å²) in [5, 5.41) is 11.5. The van der Waals surface area contributed by atoms with Crippen LogP contribution in [-0.2, 0) is 5.70 Å². The summed E-state index contributed by atoms with van der Waals surface area (Å²) in [6, 6.07) is 2.55. The van der Waals surface area contributed by atoms with Crippen molar-refractivity contribution in [2.75, 3.05) is 0 Å². The fourth-order valence-corrected chi connectivity index (χ4v) is 2.81. The van der Waals surface area contributed by atoms with Crippen LogP contribution >= 0.6 is 11.8 Å². The normalized spacial score (nSPS) is 18.2. The number of nitro groups is 1. The molecule has 0 aliphatic rings. The molecule has 4 rings (SSSR count). The van der Waals surface area contributed by atoms with E-state index in [1.165, 1.54) is 18.2 Å². The summed E-state index contributed by atoms with van der Waals surface area (Å²) in [7, 11) is 0. The molecular formula is C18H15N5O2S. The number of nitrogens with zero attached hydrogens (tertiary/aromatic N) is 4. The van der Waals surface area contributed by atoms with Crippen LogP contribution in [-0.4, -0.2) is 24.4 Å². The Morgan fingerprint density at radius 1 is 1.46 bits per heavy atom. The van der Waals surface area contributed by atoms with Crippen LogP contribution in [0.4, 0.5) is 5.69 Å². The first-order valence-corrected chi connectivity index (χ1v) is 7.87. The first kappa shape index (κ1) is 8.05. The molecule has 26 heavy (non-hydrogen) atoms. The third kappa shape index (κ3) is 3.06. The number of aromatic amines is 1. The predicted molar refractivity (Wildman–Crippen MR) is 101 cm³/mol. The molecule has 7 nitrogen and oxygen atoms in total. The molecule has 0 saturated heterocycles. The minimum absolute atomic E-state index is 0.0772. The predicted octanol–water partition coefficient (Wildman–Crippen LogP) is 4.26. The number of imidazole rings is 1. The topological polar surface area (TPSA) is 89.6 Å². The Hall–Kier alpha value is -3.13. The van der Waals surface area contributed by atoms with Crippen molar-refractivity contribution in [1.29, 1.82) is 0 Å². The third-order valence-electron chi connectivity index (χ3n) is 3.34. The molecule has 1 N–H and O–H groups in total. The van der Waals surface area contributed by atoms with Crippen LogP contribution in [0.2, 0.25) is 0 Å². The number of H-pyrrole nitrogens is 1.